The standard InChI is InChI=1S/C20H32N4.HI/c1-2-21-20(22-14-6-7-17-10-11-17)23-18-12-15-24(16-13-18)19-8-4-3-5-9-19;/h3-5,8-9,17-18H,2,6-7,10-16H2,1H3,(H2,21,22,23);1H. The van der Waals surface area contributed by atoms with Gasteiger partial charge in [-0.2, -0.15) is 0 Å². The van der Waals surface area contributed by atoms with E-state index in [4.69, 9.17) is 4.99 Å². The second-order valence-electron chi connectivity index (χ2n) is 7.09. The second kappa shape index (κ2) is 10.9. The number of aliphatic imine (C=N–C) groups is 1. The van der Waals surface area contributed by atoms with Crippen molar-refractivity contribution in [2.45, 2.75) is 51.5 Å². The third-order valence-corrected chi connectivity index (χ3v) is 5.04. The minimum Gasteiger partial charge on any atom is -0.371 e. The third kappa shape index (κ3) is 7.04. The van der Waals surface area contributed by atoms with Gasteiger partial charge < -0.3 is 15.5 Å². The number of para-hydroxylation sites is 1. The Balaban J connectivity index is 0.00000225. The van der Waals surface area contributed by atoms with E-state index in [2.05, 4.69) is 52.8 Å². The molecule has 0 spiro atoms. The van der Waals surface area contributed by atoms with Crippen molar-refractivity contribution in [3.8, 4) is 0 Å². The van der Waals surface area contributed by atoms with E-state index in [1.54, 1.807) is 0 Å². The quantitative estimate of drug-likeness (QED) is 0.282. The molecule has 140 valence electrons. The number of piperidine rings is 1. The molecule has 2 aliphatic rings. The van der Waals surface area contributed by atoms with Gasteiger partial charge in [0.1, 0.15) is 0 Å². The van der Waals surface area contributed by atoms with E-state index in [9.17, 15) is 0 Å². The maximum atomic E-state index is 4.77. The Kier molecular flexibility index (Phi) is 8.85. The lowest BCUT2D eigenvalue weighted by molar-refractivity contribution is 0.461. The second-order valence-corrected chi connectivity index (χ2v) is 7.09. The molecule has 0 atom stereocenters. The largest absolute Gasteiger partial charge is 0.371 e. The fraction of sp³-hybridized carbons (Fsp3) is 0.650. The highest BCUT2D eigenvalue weighted by molar-refractivity contribution is 14.0. The first kappa shape index (κ1) is 20.3. The van der Waals surface area contributed by atoms with Crippen LogP contribution in [0.5, 0.6) is 0 Å². The van der Waals surface area contributed by atoms with Crippen molar-refractivity contribution >= 4 is 35.6 Å². The number of hydrogen-bond acceptors (Lipinski definition) is 2. The Labute approximate surface area is 169 Å². The zero-order valence-electron chi connectivity index (χ0n) is 15.4. The van der Waals surface area contributed by atoms with E-state index in [0.717, 1.165) is 38.1 Å². The third-order valence-electron chi connectivity index (χ3n) is 5.04. The molecular weight excluding hydrogens is 423 g/mol. The summed E-state index contributed by atoms with van der Waals surface area (Å²) in [6, 6.07) is 11.3. The number of rotatable bonds is 7. The maximum absolute atomic E-state index is 4.77. The van der Waals surface area contributed by atoms with Crippen LogP contribution in [0.15, 0.2) is 35.3 Å². The maximum Gasteiger partial charge on any atom is 0.191 e. The van der Waals surface area contributed by atoms with Crippen LogP contribution in [0.4, 0.5) is 5.69 Å². The highest BCUT2D eigenvalue weighted by Crippen LogP contribution is 2.33. The zero-order chi connectivity index (χ0) is 16.6. The summed E-state index contributed by atoms with van der Waals surface area (Å²) in [7, 11) is 0. The molecule has 1 saturated carbocycles. The molecule has 0 unspecified atom stereocenters. The van der Waals surface area contributed by atoms with Crippen molar-refractivity contribution in [1.29, 1.82) is 0 Å². The van der Waals surface area contributed by atoms with E-state index in [1.807, 2.05) is 0 Å². The molecule has 1 heterocycles. The van der Waals surface area contributed by atoms with Crippen LogP contribution in [-0.4, -0.2) is 38.2 Å². The average molecular weight is 456 g/mol. The molecule has 1 aromatic rings. The van der Waals surface area contributed by atoms with Crippen LogP contribution in [0.2, 0.25) is 0 Å². The molecule has 0 bridgehead atoms. The van der Waals surface area contributed by atoms with Crippen molar-refractivity contribution in [3.05, 3.63) is 30.3 Å². The van der Waals surface area contributed by atoms with E-state index >= 15 is 0 Å². The number of hydrogen-bond donors (Lipinski definition) is 2. The molecule has 2 N–H and O–H groups in total. The summed E-state index contributed by atoms with van der Waals surface area (Å²) < 4.78 is 0. The van der Waals surface area contributed by atoms with Gasteiger partial charge in [-0.1, -0.05) is 31.0 Å². The monoisotopic (exact) mass is 456 g/mol. The van der Waals surface area contributed by atoms with Gasteiger partial charge in [0.15, 0.2) is 5.96 Å². The van der Waals surface area contributed by atoms with Gasteiger partial charge in [0.2, 0.25) is 0 Å². The normalized spacial score (nSPS) is 18.6. The molecule has 1 aliphatic carbocycles. The molecule has 2 fully saturated rings. The molecule has 1 aromatic carbocycles. The fourth-order valence-electron chi connectivity index (χ4n) is 3.41. The fourth-order valence-corrected chi connectivity index (χ4v) is 3.41. The minimum atomic E-state index is 0. The molecule has 0 aromatic heterocycles. The first-order valence-corrected chi connectivity index (χ1v) is 9.70. The summed E-state index contributed by atoms with van der Waals surface area (Å²) in [5.41, 5.74) is 1.34. The molecule has 5 heteroatoms. The van der Waals surface area contributed by atoms with Crippen molar-refractivity contribution < 1.29 is 0 Å². The van der Waals surface area contributed by atoms with Gasteiger partial charge in [-0.05, 0) is 50.7 Å². The first-order valence-electron chi connectivity index (χ1n) is 9.70. The topological polar surface area (TPSA) is 39.7 Å². The molecule has 0 amide bonds. The molecule has 1 saturated heterocycles. The van der Waals surface area contributed by atoms with Crippen molar-refractivity contribution in [2.24, 2.45) is 10.9 Å². The Hall–Kier alpha value is -0.980. The van der Waals surface area contributed by atoms with Crippen LogP contribution >= 0.6 is 24.0 Å². The van der Waals surface area contributed by atoms with Gasteiger partial charge in [0.25, 0.3) is 0 Å². The Bertz CT molecular complexity index is 508. The van der Waals surface area contributed by atoms with Gasteiger partial charge in [-0.15, -0.1) is 24.0 Å². The van der Waals surface area contributed by atoms with Crippen LogP contribution in [0.1, 0.15) is 45.4 Å². The lowest BCUT2D eigenvalue weighted by Crippen LogP contribution is -2.48. The SMILES string of the molecule is CCNC(=NCCCC1CC1)NC1CCN(c2ccccc2)CC1.I. The van der Waals surface area contributed by atoms with E-state index in [1.165, 1.54) is 44.2 Å². The highest BCUT2D eigenvalue weighted by Gasteiger charge is 2.21. The predicted molar refractivity (Wildman–Crippen MR) is 118 cm³/mol. The minimum absolute atomic E-state index is 0. The smallest absolute Gasteiger partial charge is 0.191 e. The number of nitrogens with one attached hydrogen (secondary N) is 2. The van der Waals surface area contributed by atoms with E-state index in [0.29, 0.717) is 6.04 Å². The van der Waals surface area contributed by atoms with Gasteiger partial charge in [0.05, 0.1) is 0 Å². The molecule has 0 radical (unpaired) electrons. The zero-order valence-corrected chi connectivity index (χ0v) is 17.7. The van der Waals surface area contributed by atoms with Gasteiger partial charge in [0, 0.05) is 37.9 Å². The highest BCUT2D eigenvalue weighted by atomic mass is 127. The van der Waals surface area contributed by atoms with Crippen LogP contribution in [0, 0.1) is 5.92 Å². The van der Waals surface area contributed by atoms with E-state index in [-0.39, 0.29) is 24.0 Å². The Morgan fingerprint density at radius 1 is 1.12 bits per heavy atom. The summed E-state index contributed by atoms with van der Waals surface area (Å²) in [4.78, 5) is 7.25. The average Bonchev–Trinajstić information content (AvgIpc) is 3.45. The molecule has 1 aliphatic heterocycles. The molecule has 4 nitrogen and oxygen atoms in total. The predicted octanol–water partition coefficient (Wildman–Crippen LogP) is 4.02. The van der Waals surface area contributed by atoms with Crippen molar-refractivity contribution in [1.82, 2.24) is 10.6 Å². The van der Waals surface area contributed by atoms with Crippen molar-refractivity contribution in [3.63, 3.8) is 0 Å². The molecular formula is C20H33IN4. The molecule has 3 rings (SSSR count). The number of guanidine groups is 1. The van der Waals surface area contributed by atoms with Crippen LogP contribution in [0.3, 0.4) is 0 Å². The van der Waals surface area contributed by atoms with E-state index < -0.39 is 0 Å². The first-order chi connectivity index (χ1) is 11.8. The number of anilines is 1. The van der Waals surface area contributed by atoms with Crippen molar-refractivity contribution in [2.75, 3.05) is 31.1 Å². The number of nitrogens with zero attached hydrogens (tertiary/aromatic N) is 2. The van der Waals surface area contributed by atoms with Crippen LogP contribution in [-0.2, 0) is 0 Å². The lowest BCUT2D eigenvalue weighted by Gasteiger charge is -2.34. The summed E-state index contributed by atoms with van der Waals surface area (Å²) >= 11 is 0. The Morgan fingerprint density at radius 3 is 2.48 bits per heavy atom. The summed E-state index contributed by atoms with van der Waals surface area (Å²) in [6.07, 6.45) is 7.82. The lowest BCUT2D eigenvalue weighted by atomic mass is 10.0. The summed E-state index contributed by atoms with van der Waals surface area (Å²) in [6.45, 7) is 6.25. The van der Waals surface area contributed by atoms with Gasteiger partial charge >= 0.3 is 0 Å². The van der Waals surface area contributed by atoms with Gasteiger partial charge in [-0.25, -0.2) is 0 Å². The Morgan fingerprint density at radius 2 is 1.84 bits per heavy atom. The van der Waals surface area contributed by atoms with Crippen LogP contribution in [0.25, 0.3) is 0 Å². The van der Waals surface area contributed by atoms with Crippen LogP contribution < -0.4 is 15.5 Å². The summed E-state index contributed by atoms with van der Waals surface area (Å²) in [5, 5.41) is 7.05. The number of halogens is 1. The van der Waals surface area contributed by atoms with Gasteiger partial charge in [-0.3, -0.25) is 4.99 Å². The molecule has 25 heavy (non-hydrogen) atoms. The number of benzene rings is 1. The summed E-state index contributed by atoms with van der Waals surface area (Å²) in [5.74, 6) is 2.02.